The minimum atomic E-state index is 0. The Balaban J connectivity index is 0. The maximum absolute atomic E-state index is 2.39. The molecule has 0 bridgehead atoms. The molecular weight excluding hydrogens is 432 g/mol. The van der Waals surface area contributed by atoms with Crippen LogP contribution in [-0.4, -0.2) is 0 Å². The van der Waals surface area contributed by atoms with E-state index in [0.717, 1.165) is 0 Å². The fraction of sp³-hybridized carbons (Fsp3) is 0. The summed E-state index contributed by atoms with van der Waals surface area (Å²) in [7, 11) is 0. The predicted octanol–water partition coefficient (Wildman–Crippen LogP) is -1.23. The van der Waals surface area contributed by atoms with Gasteiger partial charge in [0.1, 0.15) is 0 Å². The molecule has 0 saturated heterocycles. The molecular formula is I3V-. The van der Waals surface area contributed by atoms with Gasteiger partial charge in [0.25, 0.3) is 0 Å². The molecule has 0 amide bonds. The zero-order chi connectivity index (χ0) is 2.71. The van der Waals surface area contributed by atoms with Gasteiger partial charge < -0.3 is 0 Å². The first-order valence-electron chi connectivity index (χ1n) is 0.286. The number of hydrogen-bond donors (Lipinski definition) is 0. The van der Waals surface area contributed by atoms with Crippen LogP contribution in [0.25, 0.3) is 0 Å². The average molecular weight is 432 g/mol. The SMILES string of the molecule is I[I-]I.[V]. The van der Waals surface area contributed by atoms with Gasteiger partial charge >= 0.3 is 50.5 Å². The molecule has 0 aromatic rings. The van der Waals surface area contributed by atoms with Crippen LogP contribution in [0.3, 0.4) is 0 Å². The van der Waals surface area contributed by atoms with Crippen LogP contribution in [0.5, 0.6) is 0 Å². The molecule has 27 valence electrons. The maximum Gasteiger partial charge on any atom is 0 e. The summed E-state index contributed by atoms with van der Waals surface area (Å²) in [5, 5.41) is 0. The Morgan fingerprint density at radius 3 is 1.25 bits per heavy atom. The summed E-state index contributed by atoms with van der Waals surface area (Å²) in [5.74, 6) is 0. The second-order valence-electron chi connectivity index (χ2n) is 0.0540. The summed E-state index contributed by atoms with van der Waals surface area (Å²) in [5.41, 5.74) is 0. The van der Waals surface area contributed by atoms with Gasteiger partial charge in [-0.25, -0.2) is 0 Å². The Labute approximate surface area is 67.4 Å². The van der Waals surface area contributed by atoms with Gasteiger partial charge in [-0.1, -0.05) is 0 Å². The third-order valence-electron chi connectivity index (χ3n) is 0. The van der Waals surface area contributed by atoms with Gasteiger partial charge in [0.15, 0.2) is 0 Å². The summed E-state index contributed by atoms with van der Waals surface area (Å²) in [6.07, 6.45) is 0. The van der Waals surface area contributed by atoms with E-state index in [2.05, 4.69) is 37.2 Å². The van der Waals surface area contributed by atoms with Crippen molar-refractivity contribution in [2.75, 3.05) is 0 Å². The van der Waals surface area contributed by atoms with E-state index in [1.54, 1.807) is 0 Å². The van der Waals surface area contributed by atoms with E-state index >= 15 is 0 Å². The zero-order valence-corrected chi connectivity index (χ0v) is 9.45. The van der Waals surface area contributed by atoms with Crippen molar-refractivity contribution >= 4 is 37.2 Å². The average Bonchev–Trinajstić information content (AvgIpc) is 0.918. The standard InChI is InChI=1S/I3.V/c1-3-2;/q-1;. The molecule has 0 aliphatic rings. The first-order valence-corrected chi connectivity index (χ1v) is 12.9. The zero-order valence-electron chi connectivity index (χ0n) is 1.58. The van der Waals surface area contributed by atoms with Crippen molar-refractivity contribution in [3.63, 3.8) is 0 Å². The molecule has 0 heterocycles. The molecule has 0 aliphatic heterocycles. The van der Waals surface area contributed by atoms with Crippen LogP contribution >= 0.6 is 37.2 Å². The molecule has 0 nitrogen and oxygen atoms in total. The van der Waals surface area contributed by atoms with Gasteiger partial charge in [0.2, 0.25) is 0 Å². The molecule has 0 N–H and O–H groups in total. The van der Waals surface area contributed by atoms with E-state index in [1.807, 2.05) is 0 Å². The first kappa shape index (κ1) is 9.91. The molecule has 0 atom stereocenters. The Morgan fingerprint density at radius 2 is 1.25 bits per heavy atom. The molecule has 0 spiro atoms. The third-order valence-corrected chi connectivity index (χ3v) is 0. The monoisotopic (exact) mass is 432 g/mol. The van der Waals surface area contributed by atoms with Crippen LogP contribution in [0.2, 0.25) is 0 Å². The molecule has 4 heavy (non-hydrogen) atoms. The van der Waals surface area contributed by atoms with Crippen molar-refractivity contribution in [3.05, 3.63) is 0 Å². The second kappa shape index (κ2) is 9.24. The molecule has 0 unspecified atom stereocenters. The van der Waals surface area contributed by atoms with Crippen molar-refractivity contribution in [1.82, 2.24) is 0 Å². The van der Waals surface area contributed by atoms with Gasteiger partial charge in [-0.2, -0.15) is 0 Å². The Kier molecular flexibility index (Phi) is 22.9. The van der Waals surface area contributed by atoms with Crippen LogP contribution in [0, 0.1) is 0 Å². The summed E-state index contributed by atoms with van der Waals surface area (Å²) in [6, 6.07) is 0. The molecule has 4 heteroatoms. The normalized spacial score (nSPS) is 5.50. The summed E-state index contributed by atoms with van der Waals surface area (Å²) in [4.78, 5) is 0. The van der Waals surface area contributed by atoms with Gasteiger partial charge in [-0.3, -0.25) is 0 Å². The van der Waals surface area contributed by atoms with Gasteiger partial charge in [-0.05, 0) is 0 Å². The topological polar surface area (TPSA) is 0 Å². The number of rotatable bonds is 0. The van der Waals surface area contributed by atoms with Crippen LogP contribution in [0.15, 0.2) is 0 Å². The Morgan fingerprint density at radius 1 is 1.25 bits per heavy atom. The Hall–Kier alpha value is 2.77. The molecule has 0 rings (SSSR count). The van der Waals surface area contributed by atoms with Crippen molar-refractivity contribution in [2.45, 2.75) is 0 Å². The van der Waals surface area contributed by atoms with Crippen molar-refractivity contribution < 1.29 is 31.8 Å². The summed E-state index contributed by atoms with van der Waals surface area (Å²) < 4.78 is 0. The molecule has 1 radical (unpaired) electrons. The molecule has 0 aromatic carbocycles. The second-order valence-corrected chi connectivity index (χ2v) is 16.3. The van der Waals surface area contributed by atoms with Crippen molar-refractivity contribution in [2.24, 2.45) is 0 Å². The van der Waals surface area contributed by atoms with Crippen molar-refractivity contribution in [3.8, 4) is 0 Å². The fourth-order valence-electron chi connectivity index (χ4n) is 0. The minimum Gasteiger partial charge on any atom is 0 e. The van der Waals surface area contributed by atoms with Gasteiger partial charge in [0.05, 0.1) is 0 Å². The van der Waals surface area contributed by atoms with Gasteiger partial charge in [0, 0.05) is 18.6 Å². The van der Waals surface area contributed by atoms with Crippen LogP contribution < -0.4 is 13.3 Å². The smallest absolute Gasteiger partial charge is 0 e. The quantitative estimate of drug-likeness (QED) is 0.422. The minimum absolute atomic E-state index is 0. The van der Waals surface area contributed by atoms with E-state index in [9.17, 15) is 0 Å². The number of hydrogen-bond acceptors (Lipinski definition) is 0. The van der Waals surface area contributed by atoms with E-state index in [1.165, 1.54) is 0 Å². The Bertz CT molecular complexity index is 3.25. The fourth-order valence-corrected chi connectivity index (χ4v) is 0. The first-order chi connectivity index (χ1) is 1.41. The summed E-state index contributed by atoms with van der Waals surface area (Å²) >= 11 is 5.30. The van der Waals surface area contributed by atoms with Gasteiger partial charge in [-0.15, -0.1) is 0 Å². The molecule has 0 saturated carbocycles. The van der Waals surface area contributed by atoms with E-state index in [-0.39, 0.29) is 18.6 Å². The van der Waals surface area contributed by atoms with E-state index in [0.29, 0.717) is 13.3 Å². The van der Waals surface area contributed by atoms with Crippen LogP contribution in [0.4, 0.5) is 0 Å². The van der Waals surface area contributed by atoms with Crippen LogP contribution in [-0.2, 0) is 18.6 Å². The van der Waals surface area contributed by atoms with Crippen LogP contribution in [0.1, 0.15) is 0 Å². The number of halogens is 3. The van der Waals surface area contributed by atoms with Crippen molar-refractivity contribution in [1.29, 1.82) is 0 Å². The van der Waals surface area contributed by atoms with E-state index in [4.69, 9.17) is 0 Å². The molecule has 0 aromatic heterocycles. The molecule has 0 aliphatic carbocycles. The predicted molar refractivity (Wildman–Crippen MR) is 28.0 cm³/mol. The van der Waals surface area contributed by atoms with E-state index < -0.39 is 0 Å². The maximum atomic E-state index is 2.39. The summed E-state index contributed by atoms with van der Waals surface area (Å²) in [6.45, 7) is 0. The largest absolute Gasteiger partial charge is 0 e. The third kappa shape index (κ3) is 8.84. The molecule has 0 fully saturated rings.